The second kappa shape index (κ2) is 5.11. The molecule has 0 atom stereocenters. The first-order chi connectivity index (χ1) is 10.1. The van der Waals surface area contributed by atoms with Crippen molar-refractivity contribution in [1.29, 1.82) is 0 Å². The van der Waals surface area contributed by atoms with Gasteiger partial charge in [0.25, 0.3) is 0 Å². The summed E-state index contributed by atoms with van der Waals surface area (Å²) in [7, 11) is 0. The van der Waals surface area contributed by atoms with E-state index >= 15 is 0 Å². The van der Waals surface area contributed by atoms with Gasteiger partial charge in [-0.2, -0.15) is 0 Å². The molecule has 4 nitrogen and oxygen atoms in total. The van der Waals surface area contributed by atoms with Gasteiger partial charge in [-0.15, -0.1) is 0 Å². The van der Waals surface area contributed by atoms with Gasteiger partial charge in [0.15, 0.2) is 0 Å². The number of aromatic nitrogens is 2. The predicted octanol–water partition coefficient (Wildman–Crippen LogP) is 3.27. The van der Waals surface area contributed by atoms with Crippen molar-refractivity contribution < 1.29 is 0 Å². The van der Waals surface area contributed by atoms with Crippen LogP contribution < -0.4 is 11.3 Å². The molecule has 3 N–H and O–H groups in total. The molecule has 4 heteroatoms. The molecule has 0 aliphatic heterocycles. The van der Waals surface area contributed by atoms with E-state index in [1.807, 2.05) is 13.0 Å². The Morgan fingerprint density at radius 3 is 2.33 bits per heavy atom. The molecule has 1 aromatic carbocycles. The van der Waals surface area contributed by atoms with Gasteiger partial charge < -0.3 is 5.43 Å². The molecule has 1 aromatic heterocycles. The molecule has 110 valence electrons. The Morgan fingerprint density at radius 1 is 1.14 bits per heavy atom. The summed E-state index contributed by atoms with van der Waals surface area (Å²) in [6.07, 6.45) is 2.20. The van der Waals surface area contributed by atoms with Crippen LogP contribution in [0.25, 0.3) is 0 Å². The van der Waals surface area contributed by atoms with Crippen LogP contribution in [-0.4, -0.2) is 9.97 Å². The number of hydrazine groups is 1. The molecule has 0 saturated heterocycles. The van der Waals surface area contributed by atoms with Crippen LogP contribution >= 0.6 is 0 Å². The number of aryl methyl sites for hydroxylation is 1. The lowest BCUT2D eigenvalue weighted by atomic mass is 9.94. The van der Waals surface area contributed by atoms with Crippen molar-refractivity contribution in [3.63, 3.8) is 0 Å². The average molecular weight is 282 g/mol. The summed E-state index contributed by atoms with van der Waals surface area (Å²) in [4.78, 5) is 9.54. The quantitative estimate of drug-likeness (QED) is 0.667. The van der Waals surface area contributed by atoms with E-state index in [-0.39, 0.29) is 5.41 Å². The van der Waals surface area contributed by atoms with Gasteiger partial charge in [0.05, 0.1) is 5.41 Å². The molecule has 0 spiro atoms. The fourth-order valence-electron chi connectivity index (χ4n) is 3.12. The van der Waals surface area contributed by atoms with Gasteiger partial charge in [0.2, 0.25) is 0 Å². The standard InChI is InChI=1S/C17H22N4/c1-11(2)14-12(3)19-16(20-15(14)21-18)17(9-10-17)13-7-5-4-6-8-13/h4-8,11H,9-10,18H2,1-3H3,(H,19,20,21). The molecule has 0 amide bonds. The van der Waals surface area contributed by atoms with Crippen LogP contribution in [0.3, 0.4) is 0 Å². The van der Waals surface area contributed by atoms with Gasteiger partial charge in [0, 0.05) is 11.3 Å². The largest absolute Gasteiger partial charge is 0.308 e. The molecular formula is C17H22N4. The minimum Gasteiger partial charge on any atom is -0.308 e. The molecule has 0 radical (unpaired) electrons. The van der Waals surface area contributed by atoms with Crippen LogP contribution in [0.4, 0.5) is 5.82 Å². The van der Waals surface area contributed by atoms with Crippen molar-refractivity contribution in [1.82, 2.24) is 9.97 Å². The number of nitrogens with two attached hydrogens (primary N) is 1. The Kier molecular flexibility index (Phi) is 3.41. The maximum Gasteiger partial charge on any atom is 0.147 e. The minimum atomic E-state index is -0.0207. The van der Waals surface area contributed by atoms with E-state index in [9.17, 15) is 0 Å². The van der Waals surface area contributed by atoms with Gasteiger partial charge in [-0.05, 0) is 31.2 Å². The summed E-state index contributed by atoms with van der Waals surface area (Å²) < 4.78 is 0. The lowest BCUT2D eigenvalue weighted by Crippen LogP contribution is -2.20. The van der Waals surface area contributed by atoms with Crippen molar-refractivity contribution in [3.8, 4) is 0 Å². The molecule has 3 rings (SSSR count). The number of nitrogens with zero attached hydrogens (tertiary/aromatic N) is 2. The number of hydrogen-bond donors (Lipinski definition) is 2. The van der Waals surface area contributed by atoms with Gasteiger partial charge in [-0.1, -0.05) is 44.2 Å². The SMILES string of the molecule is Cc1nc(C2(c3ccccc3)CC2)nc(NN)c1C(C)C. The van der Waals surface area contributed by atoms with E-state index < -0.39 is 0 Å². The Balaban J connectivity index is 2.10. The topological polar surface area (TPSA) is 63.8 Å². The number of anilines is 1. The first-order valence-electron chi connectivity index (χ1n) is 7.49. The maximum atomic E-state index is 5.69. The van der Waals surface area contributed by atoms with Gasteiger partial charge in [0.1, 0.15) is 11.6 Å². The number of nitrogens with one attached hydrogen (secondary N) is 1. The van der Waals surface area contributed by atoms with Crippen molar-refractivity contribution >= 4 is 5.82 Å². The monoisotopic (exact) mass is 282 g/mol. The molecule has 2 aromatic rings. The summed E-state index contributed by atoms with van der Waals surface area (Å²) in [5, 5.41) is 0. The van der Waals surface area contributed by atoms with Crippen LogP contribution in [-0.2, 0) is 5.41 Å². The van der Waals surface area contributed by atoms with Gasteiger partial charge in [-0.3, -0.25) is 0 Å². The third kappa shape index (κ3) is 2.29. The molecule has 1 aliphatic rings. The lowest BCUT2D eigenvalue weighted by Gasteiger charge is -2.20. The Morgan fingerprint density at radius 2 is 1.81 bits per heavy atom. The summed E-state index contributed by atoms with van der Waals surface area (Å²) in [6, 6.07) is 10.5. The maximum absolute atomic E-state index is 5.69. The molecule has 0 unspecified atom stereocenters. The lowest BCUT2D eigenvalue weighted by molar-refractivity contribution is 0.728. The molecule has 1 aliphatic carbocycles. The van der Waals surface area contributed by atoms with E-state index in [1.165, 1.54) is 5.56 Å². The highest BCUT2D eigenvalue weighted by molar-refractivity contribution is 5.50. The molecule has 21 heavy (non-hydrogen) atoms. The van der Waals surface area contributed by atoms with Crippen molar-refractivity contribution in [2.45, 2.75) is 44.9 Å². The zero-order valence-corrected chi connectivity index (χ0v) is 12.9. The second-order valence-corrected chi connectivity index (χ2v) is 6.14. The minimum absolute atomic E-state index is 0.0207. The number of benzene rings is 1. The highest BCUT2D eigenvalue weighted by Crippen LogP contribution is 2.52. The zero-order valence-electron chi connectivity index (χ0n) is 12.9. The number of nitrogen functional groups attached to an aromatic ring is 1. The Bertz CT molecular complexity index is 645. The normalized spacial score (nSPS) is 16.0. The predicted molar refractivity (Wildman–Crippen MR) is 85.1 cm³/mol. The molecule has 1 fully saturated rings. The number of hydrogen-bond acceptors (Lipinski definition) is 4. The van der Waals surface area contributed by atoms with Crippen molar-refractivity contribution in [2.75, 3.05) is 5.43 Å². The highest BCUT2D eigenvalue weighted by Gasteiger charge is 2.49. The second-order valence-electron chi connectivity index (χ2n) is 6.14. The first-order valence-corrected chi connectivity index (χ1v) is 7.49. The van der Waals surface area contributed by atoms with E-state index in [0.717, 1.165) is 35.7 Å². The first kappa shape index (κ1) is 14.0. The van der Waals surface area contributed by atoms with Crippen LogP contribution in [0.1, 0.15) is 55.3 Å². The van der Waals surface area contributed by atoms with Crippen LogP contribution in [0.2, 0.25) is 0 Å². The van der Waals surface area contributed by atoms with Gasteiger partial charge in [-0.25, -0.2) is 15.8 Å². The zero-order chi connectivity index (χ0) is 15.0. The summed E-state index contributed by atoms with van der Waals surface area (Å²) in [5.41, 5.74) is 6.15. The van der Waals surface area contributed by atoms with Crippen LogP contribution in [0, 0.1) is 6.92 Å². The summed E-state index contributed by atoms with van der Waals surface area (Å²) in [5.74, 6) is 7.68. The van der Waals surface area contributed by atoms with Crippen LogP contribution in [0.5, 0.6) is 0 Å². The number of rotatable bonds is 4. The molecule has 0 bridgehead atoms. The average Bonchev–Trinajstić information content (AvgIpc) is 3.28. The van der Waals surface area contributed by atoms with Crippen LogP contribution in [0.15, 0.2) is 30.3 Å². The fraction of sp³-hybridized carbons (Fsp3) is 0.412. The van der Waals surface area contributed by atoms with E-state index in [2.05, 4.69) is 43.5 Å². The molecule has 1 saturated carbocycles. The third-order valence-electron chi connectivity index (χ3n) is 4.35. The van der Waals surface area contributed by atoms with Crippen molar-refractivity contribution in [2.24, 2.45) is 5.84 Å². The highest BCUT2D eigenvalue weighted by atomic mass is 15.3. The van der Waals surface area contributed by atoms with E-state index in [0.29, 0.717) is 5.92 Å². The fourth-order valence-corrected chi connectivity index (χ4v) is 3.12. The Hall–Kier alpha value is -1.94. The van der Waals surface area contributed by atoms with E-state index in [1.54, 1.807) is 0 Å². The summed E-state index contributed by atoms with van der Waals surface area (Å²) >= 11 is 0. The third-order valence-corrected chi connectivity index (χ3v) is 4.35. The summed E-state index contributed by atoms with van der Waals surface area (Å²) in [6.45, 7) is 6.31. The molecular weight excluding hydrogens is 260 g/mol. The smallest absolute Gasteiger partial charge is 0.147 e. The molecule has 1 heterocycles. The van der Waals surface area contributed by atoms with Crippen molar-refractivity contribution in [3.05, 3.63) is 53.0 Å². The van der Waals surface area contributed by atoms with Gasteiger partial charge >= 0.3 is 0 Å². The Labute approximate surface area is 125 Å². The van der Waals surface area contributed by atoms with E-state index in [4.69, 9.17) is 15.8 Å².